The summed E-state index contributed by atoms with van der Waals surface area (Å²) in [4.78, 5) is 0. The summed E-state index contributed by atoms with van der Waals surface area (Å²) in [7, 11) is 0. The first-order valence-corrected chi connectivity index (χ1v) is 5.51. The number of nitrogens with zero attached hydrogens (tertiary/aromatic N) is 3. The van der Waals surface area contributed by atoms with Crippen molar-refractivity contribution >= 4 is 0 Å². The minimum absolute atomic E-state index is 0.141. The second kappa shape index (κ2) is 4.26. The number of nitriles is 1. The van der Waals surface area contributed by atoms with Gasteiger partial charge in [-0.15, -0.1) is 0 Å². The van der Waals surface area contributed by atoms with Gasteiger partial charge in [-0.05, 0) is 40.2 Å². The van der Waals surface area contributed by atoms with Crippen molar-refractivity contribution in [2.24, 2.45) is 5.73 Å². The lowest BCUT2D eigenvalue weighted by Gasteiger charge is -2.22. The largest absolute Gasteiger partial charge is 0.314 e. The summed E-state index contributed by atoms with van der Waals surface area (Å²) >= 11 is 0. The molecule has 0 fully saturated rings. The van der Waals surface area contributed by atoms with Crippen molar-refractivity contribution in [3.8, 4) is 6.07 Å². The molecule has 0 spiro atoms. The topological polar surface area (TPSA) is 67.6 Å². The normalized spacial score (nSPS) is 16.6. The zero-order valence-electron chi connectivity index (χ0n) is 10.7. The molecule has 0 aliphatic heterocycles. The Morgan fingerprint density at radius 2 is 2.06 bits per heavy atom. The molecule has 0 bridgehead atoms. The lowest BCUT2D eigenvalue weighted by Crippen LogP contribution is -2.36. The van der Waals surface area contributed by atoms with Crippen LogP contribution in [0.25, 0.3) is 0 Å². The van der Waals surface area contributed by atoms with Crippen LogP contribution in [0.5, 0.6) is 0 Å². The summed E-state index contributed by atoms with van der Waals surface area (Å²) in [6.45, 7) is 9.90. The Bertz CT molecular complexity index is 423. The molecule has 0 radical (unpaired) electrons. The molecule has 4 nitrogen and oxygen atoms in total. The molecule has 0 saturated carbocycles. The molecule has 2 unspecified atom stereocenters. The van der Waals surface area contributed by atoms with Gasteiger partial charge in [0.25, 0.3) is 0 Å². The summed E-state index contributed by atoms with van der Waals surface area (Å²) < 4.78 is 1.97. The van der Waals surface area contributed by atoms with Crippen LogP contribution < -0.4 is 5.73 Å². The lowest BCUT2D eigenvalue weighted by atomic mass is 9.97. The minimum atomic E-state index is -0.792. The molecular weight excluding hydrogens is 200 g/mol. The Hall–Kier alpha value is -1.34. The van der Waals surface area contributed by atoms with Crippen LogP contribution in [0.15, 0.2) is 0 Å². The third kappa shape index (κ3) is 2.42. The van der Waals surface area contributed by atoms with Crippen molar-refractivity contribution < 1.29 is 0 Å². The maximum absolute atomic E-state index is 8.91. The van der Waals surface area contributed by atoms with Gasteiger partial charge >= 0.3 is 0 Å². The fourth-order valence-corrected chi connectivity index (χ4v) is 1.92. The first-order valence-electron chi connectivity index (χ1n) is 5.51. The van der Waals surface area contributed by atoms with E-state index in [0.717, 1.165) is 11.4 Å². The van der Waals surface area contributed by atoms with E-state index in [1.54, 1.807) is 6.92 Å². The van der Waals surface area contributed by atoms with E-state index in [-0.39, 0.29) is 6.04 Å². The first kappa shape index (κ1) is 12.7. The molecule has 4 heteroatoms. The van der Waals surface area contributed by atoms with Crippen LogP contribution in [0, 0.1) is 32.1 Å². The summed E-state index contributed by atoms with van der Waals surface area (Å²) in [6.07, 6.45) is 0.602. The highest BCUT2D eigenvalue weighted by Crippen LogP contribution is 2.22. The molecule has 1 aromatic heterocycles. The Morgan fingerprint density at radius 1 is 1.50 bits per heavy atom. The van der Waals surface area contributed by atoms with E-state index >= 15 is 0 Å². The van der Waals surface area contributed by atoms with Gasteiger partial charge in [0, 0.05) is 12.1 Å². The van der Waals surface area contributed by atoms with Crippen LogP contribution in [0.1, 0.15) is 43.3 Å². The van der Waals surface area contributed by atoms with Gasteiger partial charge in [0.15, 0.2) is 0 Å². The van der Waals surface area contributed by atoms with Crippen LogP contribution in [-0.4, -0.2) is 15.3 Å². The molecule has 2 atom stereocenters. The molecule has 88 valence electrons. The van der Waals surface area contributed by atoms with E-state index < -0.39 is 5.54 Å². The van der Waals surface area contributed by atoms with Crippen LogP contribution in [0.2, 0.25) is 0 Å². The SMILES string of the molecule is Cc1nn(C(C)CC(C)(N)C#N)c(C)c1C. The fourth-order valence-electron chi connectivity index (χ4n) is 1.92. The highest BCUT2D eigenvalue weighted by Gasteiger charge is 2.23. The third-order valence-corrected chi connectivity index (χ3v) is 3.08. The van der Waals surface area contributed by atoms with Gasteiger partial charge in [-0.25, -0.2) is 0 Å². The third-order valence-electron chi connectivity index (χ3n) is 3.08. The van der Waals surface area contributed by atoms with E-state index in [1.807, 2.05) is 25.5 Å². The van der Waals surface area contributed by atoms with Crippen molar-refractivity contribution in [2.75, 3.05) is 0 Å². The monoisotopic (exact) mass is 220 g/mol. The minimum Gasteiger partial charge on any atom is -0.314 e. The van der Waals surface area contributed by atoms with Crippen LogP contribution in [0.4, 0.5) is 0 Å². The molecular formula is C12H20N4. The summed E-state index contributed by atoms with van der Waals surface area (Å²) in [5, 5.41) is 13.4. The van der Waals surface area contributed by atoms with Crippen molar-refractivity contribution in [1.82, 2.24) is 9.78 Å². The second-order valence-corrected chi connectivity index (χ2v) is 4.82. The van der Waals surface area contributed by atoms with Gasteiger partial charge in [0.05, 0.1) is 17.8 Å². The second-order valence-electron chi connectivity index (χ2n) is 4.82. The Balaban J connectivity index is 2.94. The van der Waals surface area contributed by atoms with E-state index in [0.29, 0.717) is 6.42 Å². The number of aromatic nitrogens is 2. The standard InChI is InChI=1S/C12H20N4/c1-8(6-12(5,14)7-13)16-11(4)9(2)10(3)15-16/h8H,6,14H2,1-5H3. The molecule has 0 amide bonds. The average Bonchev–Trinajstić information content (AvgIpc) is 2.45. The summed E-state index contributed by atoms with van der Waals surface area (Å²) in [5.74, 6) is 0. The number of hydrogen-bond acceptors (Lipinski definition) is 3. The molecule has 0 aliphatic carbocycles. The Kier molecular flexibility index (Phi) is 3.39. The molecule has 2 N–H and O–H groups in total. The van der Waals surface area contributed by atoms with E-state index in [9.17, 15) is 0 Å². The summed E-state index contributed by atoms with van der Waals surface area (Å²) in [5.41, 5.74) is 8.46. The molecule has 1 aromatic rings. The highest BCUT2D eigenvalue weighted by molar-refractivity contribution is 5.22. The van der Waals surface area contributed by atoms with E-state index in [4.69, 9.17) is 11.0 Å². The van der Waals surface area contributed by atoms with Crippen LogP contribution in [0.3, 0.4) is 0 Å². The zero-order chi connectivity index (χ0) is 12.5. The molecule has 16 heavy (non-hydrogen) atoms. The maximum Gasteiger partial charge on any atom is 0.103 e. The quantitative estimate of drug-likeness (QED) is 0.847. The van der Waals surface area contributed by atoms with Gasteiger partial charge < -0.3 is 5.73 Å². The smallest absolute Gasteiger partial charge is 0.103 e. The van der Waals surface area contributed by atoms with Crippen molar-refractivity contribution in [3.63, 3.8) is 0 Å². The molecule has 1 heterocycles. The van der Waals surface area contributed by atoms with Crippen molar-refractivity contribution in [3.05, 3.63) is 17.0 Å². The average molecular weight is 220 g/mol. The number of hydrogen-bond donors (Lipinski definition) is 1. The van der Waals surface area contributed by atoms with Gasteiger partial charge in [0.1, 0.15) is 5.54 Å². The predicted molar refractivity (Wildman–Crippen MR) is 64.0 cm³/mol. The van der Waals surface area contributed by atoms with Gasteiger partial charge in [-0.1, -0.05) is 0 Å². The zero-order valence-corrected chi connectivity index (χ0v) is 10.7. The predicted octanol–water partition coefficient (Wildman–Crippen LogP) is 2.00. The molecule has 0 aliphatic rings. The highest BCUT2D eigenvalue weighted by atomic mass is 15.3. The fraction of sp³-hybridized carbons (Fsp3) is 0.667. The van der Waals surface area contributed by atoms with Crippen LogP contribution >= 0.6 is 0 Å². The number of nitrogens with two attached hydrogens (primary N) is 1. The summed E-state index contributed by atoms with van der Waals surface area (Å²) in [6, 6.07) is 2.26. The maximum atomic E-state index is 8.91. The van der Waals surface area contributed by atoms with Gasteiger partial charge in [-0.3, -0.25) is 4.68 Å². The first-order chi connectivity index (χ1) is 7.28. The van der Waals surface area contributed by atoms with Gasteiger partial charge in [-0.2, -0.15) is 10.4 Å². The number of aryl methyl sites for hydroxylation is 1. The Morgan fingerprint density at radius 3 is 2.44 bits per heavy atom. The molecule has 0 aromatic carbocycles. The Labute approximate surface area is 97.1 Å². The lowest BCUT2D eigenvalue weighted by molar-refractivity contribution is 0.380. The molecule has 0 saturated heterocycles. The van der Waals surface area contributed by atoms with Crippen molar-refractivity contribution in [2.45, 2.75) is 52.6 Å². The number of rotatable bonds is 3. The van der Waals surface area contributed by atoms with E-state index in [2.05, 4.69) is 18.1 Å². The molecule has 1 rings (SSSR count). The van der Waals surface area contributed by atoms with Crippen molar-refractivity contribution in [1.29, 1.82) is 5.26 Å². The van der Waals surface area contributed by atoms with E-state index in [1.165, 1.54) is 5.56 Å². The van der Waals surface area contributed by atoms with Crippen LogP contribution in [-0.2, 0) is 0 Å². The van der Waals surface area contributed by atoms with Gasteiger partial charge in [0.2, 0.25) is 0 Å².